The van der Waals surface area contributed by atoms with Crippen LogP contribution in [0.5, 0.6) is 5.75 Å². The molecule has 3 nitrogen and oxygen atoms in total. The molecule has 2 aromatic carbocycles. The standard InChI is InChI=1S/C31H41NO2.ClH/c33-29(21-32-12-10-24(11-13-32)14-23-4-2-1-3-5-23)22-34-30-8-6-28(7-9-30)31-18-25-15-26(19-31)17-27(16-25)20-31;/h1-9,24-27,29,33H,10-22H2;1H. The number of aliphatic hydroxyl groups is 1. The first-order valence-corrected chi connectivity index (χ1v) is 13.8. The number of piperidine rings is 1. The quantitative estimate of drug-likeness (QED) is 0.468. The molecule has 1 atom stereocenters. The highest BCUT2D eigenvalue weighted by Gasteiger charge is 2.51. The van der Waals surface area contributed by atoms with Crippen LogP contribution in [0, 0.1) is 23.7 Å². The van der Waals surface area contributed by atoms with Crippen molar-refractivity contribution in [2.75, 3.05) is 26.2 Å². The molecule has 1 unspecified atom stereocenters. The van der Waals surface area contributed by atoms with Crippen molar-refractivity contribution in [1.82, 2.24) is 4.90 Å². The van der Waals surface area contributed by atoms with Crippen molar-refractivity contribution >= 4 is 12.4 Å². The molecule has 0 radical (unpaired) electrons. The molecular formula is C31H42ClNO2. The number of hydrogen-bond acceptors (Lipinski definition) is 3. The summed E-state index contributed by atoms with van der Waals surface area (Å²) in [7, 11) is 0. The maximum Gasteiger partial charge on any atom is 0.119 e. The normalized spacial score (nSPS) is 31.2. The minimum absolute atomic E-state index is 0. The molecular weight excluding hydrogens is 454 g/mol. The zero-order chi connectivity index (χ0) is 23.0. The van der Waals surface area contributed by atoms with Crippen LogP contribution in [0.2, 0.25) is 0 Å². The molecule has 0 spiro atoms. The highest BCUT2D eigenvalue weighted by Crippen LogP contribution is 2.60. The molecule has 0 amide bonds. The first-order chi connectivity index (χ1) is 16.6. The van der Waals surface area contributed by atoms with Crippen LogP contribution in [0.4, 0.5) is 0 Å². The van der Waals surface area contributed by atoms with E-state index >= 15 is 0 Å². The van der Waals surface area contributed by atoms with Crippen LogP contribution >= 0.6 is 12.4 Å². The van der Waals surface area contributed by atoms with E-state index in [1.807, 2.05) is 0 Å². The van der Waals surface area contributed by atoms with E-state index in [4.69, 9.17) is 4.74 Å². The van der Waals surface area contributed by atoms with Crippen LogP contribution in [0.25, 0.3) is 0 Å². The lowest BCUT2D eigenvalue weighted by Gasteiger charge is -2.57. The maximum atomic E-state index is 10.6. The van der Waals surface area contributed by atoms with E-state index in [0.717, 1.165) is 42.5 Å². The van der Waals surface area contributed by atoms with Crippen molar-refractivity contribution in [3.63, 3.8) is 0 Å². The molecule has 5 aliphatic rings. The number of β-amino-alcohol motifs (C(OH)–C–C–N with tert-alkyl or cyclic N) is 1. The lowest BCUT2D eigenvalue weighted by Crippen LogP contribution is -2.48. The SMILES string of the molecule is Cl.OC(COc1ccc(C23CC4CC(CC(C4)C2)C3)cc1)CN1CCC(Cc2ccccc2)CC1. The van der Waals surface area contributed by atoms with Crippen molar-refractivity contribution in [3.8, 4) is 5.75 Å². The van der Waals surface area contributed by atoms with Gasteiger partial charge in [-0.2, -0.15) is 0 Å². The van der Waals surface area contributed by atoms with Crippen LogP contribution in [0.1, 0.15) is 62.5 Å². The molecule has 4 aliphatic carbocycles. The monoisotopic (exact) mass is 495 g/mol. The Morgan fingerprint density at radius 3 is 2.06 bits per heavy atom. The molecule has 4 bridgehead atoms. The van der Waals surface area contributed by atoms with Crippen LogP contribution in [0.15, 0.2) is 54.6 Å². The van der Waals surface area contributed by atoms with Crippen LogP contribution in [0.3, 0.4) is 0 Å². The number of hydrogen-bond donors (Lipinski definition) is 1. The predicted molar refractivity (Wildman–Crippen MR) is 144 cm³/mol. The Morgan fingerprint density at radius 2 is 1.46 bits per heavy atom. The second-order valence-corrected chi connectivity index (χ2v) is 12.1. The fourth-order valence-electron chi connectivity index (χ4n) is 8.23. The molecule has 1 heterocycles. The maximum absolute atomic E-state index is 10.6. The molecule has 7 rings (SSSR count). The van der Waals surface area contributed by atoms with Gasteiger partial charge in [0.05, 0.1) is 0 Å². The van der Waals surface area contributed by atoms with Crippen molar-refractivity contribution in [3.05, 3.63) is 65.7 Å². The fraction of sp³-hybridized carbons (Fsp3) is 0.613. The number of rotatable bonds is 8. The average Bonchev–Trinajstić information content (AvgIpc) is 2.84. The Kier molecular flexibility index (Phi) is 7.77. The average molecular weight is 496 g/mol. The van der Waals surface area contributed by atoms with Gasteiger partial charge in [-0.05, 0) is 123 Å². The van der Waals surface area contributed by atoms with Crippen molar-refractivity contribution < 1.29 is 9.84 Å². The van der Waals surface area contributed by atoms with E-state index in [0.29, 0.717) is 18.6 Å². The number of ether oxygens (including phenoxy) is 1. The number of aliphatic hydroxyl groups excluding tert-OH is 1. The highest BCUT2D eigenvalue weighted by molar-refractivity contribution is 5.85. The van der Waals surface area contributed by atoms with Gasteiger partial charge in [-0.25, -0.2) is 0 Å². The number of nitrogens with zero attached hydrogens (tertiary/aromatic N) is 1. The largest absolute Gasteiger partial charge is 0.491 e. The van der Waals surface area contributed by atoms with Gasteiger partial charge in [0.2, 0.25) is 0 Å². The molecule has 4 saturated carbocycles. The number of likely N-dealkylation sites (tertiary alicyclic amines) is 1. The van der Waals surface area contributed by atoms with Gasteiger partial charge in [0.1, 0.15) is 18.5 Å². The van der Waals surface area contributed by atoms with E-state index in [1.165, 1.54) is 68.9 Å². The second kappa shape index (κ2) is 10.8. The summed E-state index contributed by atoms with van der Waals surface area (Å²) < 4.78 is 6.01. The molecule has 2 aromatic rings. The summed E-state index contributed by atoms with van der Waals surface area (Å²) in [6.45, 7) is 3.24. The minimum atomic E-state index is -0.437. The fourth-order valence-corrected chi connectivity index (χ4v) is 8.23. The molecule has 35 heavy (non-hydrogen) atoms. The summed E-state index contributed by atoms with van der Waals surface area (Å²) in [4.78, 5) is 2.41. The molecule has 0 aromatic heterocycles. The van der Waals surface area contributed by atoms with Crippen LogP contribution in [-0.2, 0) is 11.8 Å². The van der Waals surface area contributed by atoms with Gasteiger partial charge in [-0.1, -0.05) is 42.5 Å². The summed E-state index contributed by atoms with van der Waals surface area (Å²) in [5, 5.41) is 10.6. The lowest BCUT2D eigenvalue weighted by atomic mass is 9.48. The van der Waals surface area contributed by atoms with Gasteiger partial charge in [-0.15, -0.1) is 12.4 Å². The molecule has 1 N–H and O–H groups in total. The Morgan fingerprint density at radius 1 is 0.857 bits per heavy atom. The predicted octanol–water partition coefficient (Wildman–Crippen LogP) is 6.27. The second-order valence-electron chi connectivity index (χ2n) is 12.1. The van der Waals surface area contributed by atoms with Gasteiger partial charge in [0.15, 0.2) is 0 Å². The van der Waals surface area contributed by atoms with Gasteiger partial charge in [0.25, 0.3) is 0 Å². The Bertz CT molecular complexity index is 903. The van der Waals surface area contributed by atoms with Gasteiger partial charge in [-0.3, -0.25) is 0 Å². The van der Waals surface area contributed by atoms with Crippen LogP contribution in [-0.4, -0.2) is 42.4 Å². The molecule has 4 heteroatoms. The summed E-state index contributed by atoms with van der Waals surface area (Å²) in [5.41, 5.74) is 3.43. The third-order valence-electron chi connectivity index (χ3n) is 9.49. The van der Waals surface area contributed by atoms with E-state index in [1.54, 1.807) is 0 Å². The Labute approximate surface area is 217 Å². The van der Waals surface area contributed by atoms with Crippen molar-refractivity contribution in [2.24, 2.45) is 23.7 Å². The Hall–Kier alpha value is -1.55. The van der Waals surface area contributed by atoms with Gasteiger partial charge >= 0.3 is 0 Å². The van der Waals surface area contributed by atoms with Crippen LogP contribution < -0.4 is 4.74 Å². The zero-order valence-corrected chi connectivity index (χ0v) is 21.8. The summed E-state index contributed by atoms with van der Waals surface area (Å²) in [5.74, 6) is 4.58. The first kappa shape index (κ1) is 25.1. The lowest BCUT2D eigenvalue weighted by molar-refractivity contribution is -0.00522. The van der Waals surface area contributed by atoms with E-state index in [2.05, 4.69) is 59.5 Å². The van der Waals surface area contributed by atoms with E-state index in [-0.39, 0.29) is 12.4 Å². The van der Waals surface area contributed by atoms with Crippen molar-refractivity contribution in [2.45, 2.75) is 69.3 Å². The van der Waals surface area contributed by atoms with Crippen molar-refractivity contribution in [1.29, 1.82) is 0 Å². The first-order valence-electron chi connectivity index (χ1n) is 13.8. The third-order valence-corrected chi connectivity index (χ3v) is 9.49. The smallest absolute Gasteiger partial charge is 0.119 e. The molecule has 5 fully saturated rings. The summed E-state index contributed by atoms with van der Waals surface area (Å²) in [6.07, 6.45) is 11.9. The molecule has 1 aliphatic heterocycles. The zero-order valence-electron chi connectivity index (χ0n) is 21.0. The summed E-state index contributed by atoms with van der Waals surface area (Å²) in [6, 6.07) is 19.8. The van der Waals surface area contributed by atoms with Gasteiger partial charge < -0.3 is 14.7 Å². The topological polar surface area (TPSA) is 32.7 Å². The third kappa shape index (κ3) is 5.73. The van der Waals surface area contributed by atoms with E-state index in [9.17, 15) is 5.11 Å². The molecule has 1 saturated heterocycles. The van der Waals surface area contributed by atoms with Gasteiger partial charge in [0, 0.05) is 6.54 Å². The number of halogens is 1. The number of benzene rings is 2. The summed E-state index contributed by atoms with van der Waals surface area (Å²) >= 11 is 0. The van der Waals surface area contributed by atoms with E-state index < -0.39 is 6.10 Å². The Balaban J connectivity index is 0.00000253. The molecule has 190 valence electrons. The minimum Gasteiger partial charge on any atom is -0.491 e. The highest BCUT2D eigenvalue weighted by atomic mass is 35.5.